The Bertz CT molecular complexity index is 790. The minimum atomic E-state index is -0.880. The third-order valence-corrected chi connectivity index (χ3v) is 3.15. The molecule has 0 fully saturated rings. The number of aryl methyl sites for hydroxylation is 1. The summed E-state index contributed by atoms with van der Waals surface area (Å²) in [5, 5.41) is 8.42. The van der Waals surface area contributed by atoms with E-state index in [4.69, 9.17) is 10.00 Å². The van der Waals surface area contributed by atoms with Crippen LogP contribution in [0.15, 0.2) is 23.0 Å². The second-order valence-electron chi connectivity index (χ2n) is 4.58. The molecule has 0 spiro atoms. The molecule has 0 saturated heterocycles. The van der Waals surface area contributed by atoms with Crippen LogP contribution in [-0.2, 0) is 39.3 Å². The third-order valence-electron chi connectivity index (χ3n) is 3.15. The zero-order valence-corrected chi connectivity index (χ0v) is 15.5. The summed E-state index contributed by atoms with van der Waals surface area (Å²) in [4.78, 5) is 12.1. The van der Waals surface area contributed by atoms with Crippen LogP contribution in [0.25, 0.3) is 11.3 Å². The van der Waals surface area contributed by atoms with Gasteiger partial charge in [-0.3, -0.25) is 4.79 Å². The summed E-state index contributed by atoms with van der Waals surface area (Å²) in [5.41, 5.74) is -0.177. The number of nitriles is 1. The van der Waals surface area contributed by atoms with Gasteiger partial charge in [0.05, 0.1) is 11.6 Å². The second kappa shape index (κ2) is 8.32. The van der Waals surface area contributed by atoms with E-state index < -0.39 is 11.6 Å². The molecule has 0 aliphatic heterocycles. The number of halogens is 2. The Morgan fingerprint density at radius 3 is 2.48 bits per heavy atom. The number of benzene rings is 1. The molecule has 0 aliphatic carbocycles. The first-order valence-corrected chi connectivity index (χ1v) is 6.60. The van der Waals surface area contributed by atoms with Crippen LogP contribution in [-0.4, -0.2) is 11.2 Å². The largest absolute Gasteiger partial charge is 0.479 e. The number of ether oxygens (including phenoxy) is 1. The summed E-state index contributed by atoms with van der Waals surface area (Å²) in [6.45, 7) is 3.27. The predicted octanol–water partition coefficient (Wildman–Crippen LogP) is 2.82. The van der Waals surface area contributed by atoms with Crippen LogP contribution < -0.4 is 10.3 Å². The van der Waals surface area contributed by atoms with Gasteiger partial charge in [0, 0.05) is 51.4 Å². The van der Waals surface area contributed by atoms with Crippen molar-refractivity contribution < 1.29 is 46.2 Å². The standard InChI is InChI=1S/C16H13F2N2O2.Y/c1-3-20-14(5-4-10(2)16(20)21)15-12(17)8-11(9-13(15)18)22-7-6-19;/h4,8-9H,3,7H2,1-2H3;/q-1;. The van der Waals surface area contributed by atoms with Crippen LogP contribution in [0, 0.1) is 36.0 Å². The zero-order valence-electron chi connectivity index (χ0n) is 12.7. The summed E-state index contributed by atoms with van der Waals surface area (Å²) in [7, 11) is 0. The quantitative estimate of drug-likeness (QED) is 0.753. The topological polar surface area (TPSA) is 55.0 Å². The van der Waals surface area contributed by atoms with Crippen molar-refractivity contribution in [1.82, 2.24) is 4.57 Å². The molecule has 1 aromatic heterocycles. The molecule has 0 N–H and O–H groups in total. The Balaban J connectivity index is 0.00000264. The molecule has 0 amide bonds. The Kier molecular flexibility index (Phi) is 7.05. The Morgan fingerprint density at radius 2 is 1.96 bits per heavy atom. The molecule has 0 bridgehead atoms. The fourth-order valence-corrected chi connectivity index (χ4v) is 2.11. The fraction of sp³-hybridized carbons (Fsp3) is 0.250. The van der Waals surface area contributed by atoms with Crippen molar-refractivity contribution in [3.05, 3.63) is 51.8 Å². The van der Waals surface area contributed by atoms with Gasteiger partial charge in [0.15, 0.2) is 12.2 Å². The molecule has 2 rings (SSSR count). The summed E-state index contributed by atoms with van der Waals surface area (Å²) in [6.07, 6.45) is 0. The van der Waals surface area contributed by atoms with Gasteiger partial charge in [0.1, 0.15) is 11.8 Å². The van der Waals surface area contributed by atoms with Crippen molar-refractivity contribution in [1.29, 1.82) is 5.26 Å². The Morgan fingerprint density at radius 1 is 1.35 bits per heavy atom. The van der Waals surface area contributed by atoms with Gasteiger partial charge in [-0.15, -0.1) is 0 Å². The van der Waals surface area contributed by atoms with Gasteiger partial charge in [-0.05, 0) is 12.5 Å². The molecule has 117 valence electrons. The number of nitrogens with zero attached hydrogens (tertiary/aromatic N) is 2. The Hall–Kier alpha value is -1.58. The van der Waals surface area contributed by atoms with E-state index in [1.807, 2.05) is 0 Å². The maximum absolute atomic E-state index is 14.2. The molecule has 0 aliphatic rings. The smallest absolute Gasteiger partial charge is 0.197 e. The van der Waals surface area contributed by atoms with Crippen molar-refractivity contribution >= 4 is 0 Å². The van der Waals surface area contributed by atoms with Crippen LogP contribution >= 0.6 is 0 Å². The number of pyridine rings is 1. The van der Waals surface area contributed by atoms with Crippen LogP contribution in [0.2, 0.25) is 0 Å². The first kappa shape index (κ1) is 19.5. The predicted molar refractivity (Wildman–Crippen MR) is 76.4 cm³/mol. The van der Waals surface area contributed by atoms with Gasteiger partial charge in [-0.2, -0.15) is 17.4 Å². The van der Waals surface area contributed by atoms with E-state index in [-0.39, 0.29) is 68.4 Å². The minimum Gasteiger partial charge on any atom is -0.479 e. The molecule has 0 saturated carbocycles. The van der Waals surface area contributed by atoms with Gasteiger partial charge < -0.3 is 9.30 Å². The number of rotatable bonds is 4. The molecular formula is C16H13F2N2O2Y-. The number of hydrogen-bond acceptors (Lipinski definition) is 3. The zero-order chi connectivity index (χ0) is 16.3. The van der Waals surface area contributed by atoms with Crippen LogP contribution in [0.1, 0.15) is 12.5 Å². The minimum absolute atomic E-state index is 0. The van der Waals surface area contributed by atoms with Crippen LogP contribution in [0.4, 0.5) is 8.78 Å². The van der Waals surface area contributed by atoms with Crippen molar-refractivity contribution in [3.63, 3.8) is 0 Å². The monoisotopic (exact) mass is 392 g/mol. The first-order valence-electron chi connectivity index (χ1n) is 6.60. The molecule has 23 heavy (non-hydrogen) atoms. The number of hydrogen-bond donors (Lipinski definition) is 0. The molecule has 0 unspecified atom stereocenters. The molecule has 0 atom stereocenters. The summed E-state index contributed by atoms with van der Waals surface area (Å²) < 4.78 is 34.6. The first-order chi connectivity index (χ1) is 10.5. The van der Waals surface area contributed by atoms with E-state index in [0.717, 1.165) is 12.1 Å². The summed E-state index contributed by atoms with van der Waals surface area (Å²) in [6, 6.07) is 7.83. The van der Waals surface area contributed by atoms with Crippen molar-refractivity contribution in [2.45, 2.75) is 20.4 Å². The molecule has 7 heteroatoms. The average molecular weight is 392 g/mol. The van der Waals surface area contributed by atoms with E-state index >= 15 is 0 Å². The van der Waals surface area contributed by atoms with Crippen molar-refractivity contribution in [2.75, 3.05) is 6.61 Å². The third kappa shape index (κ3) is 4.04. The SMILES string of the molecule is CCn1c(-c2c(F)cc(OCC#N)cc2F)[c-]cc(C)c1=O.[Y]. The van der Waals surface area contributed by atoms with Crippen molar-refractivity contribution in [3.8, 4) is 23.1 Å². The summed E-state index contributed by atoms with van der Waals surface area (Å²) in [5.74, 6) is -1.85. The molecular weight excluding hydrogens is 379 g/mol. The van der Waals surface area contributed by atoms with E-state index in [1.54, 1.807) is 19.9 Å². The van der Waals surface area contributed by atoms with Gasteiger partial charge in [0.25, 0.3) is 0 Å². The molecule has 4 nitrogen and oxygen atoms in total. The van der Waals surface area contributed by atoms with Gasteiger partial charge in [-0.25, -0.2) is 8.78 Å². The fourth-order valence-electron chi connectivity index (χ4n) is 2.11. The van der Waals surface area contributed by atoms with E-state index in [9.17, 15) is 13.6 Å². The molecule has 1 heterocycles. The van der Waals surface area contributed by atoms with Crippen molar-refractivity contribution in [2.24, 2.45) is 0 Å². The molecule has 1 radical (unpaired) electrons. The molecule has 1 aromatic carbocycles. The van der Waals surface area contributed by atoms with Gasteiger partial charge in [-0.1, -0.05) is 18.2 Å². The summed E-state index contributed by atoms with van der Waals surface area (Å²) >= 11 is 0. The van der Waals surface area contributed by atoms with Gasteiger partial charge >= 0.3 is 0 Å². The van der Waals surface area contributed by atoms with Crippen LogP contribution in [0.5, 0.6) is 5.75 Å². The normalized spacial score (nSPS) is 9.87. The Labute approximate surface area is 157 Å². The van der Waals surface area contributed by atoms with E-state index in [0.29, 0.717) is 5.56 Å². The van der Waals surface area contributed by atoms with E-state index in [1.165, 1.54) is 10.6 Å². The molecule has 2 aromatic rings. The second-order valence-corrected chi connectivity index (χ2v) is 4.58. The van der Waals surface area contributed by atoms with Gasteiger partial charge in [0.2, 0.25) is 0 Å². The van der Waals surface area contributed by atoms with E-state index in [2.05, 4.69) is 6.07 Å². The maximum atomic E-state index is 14.2. The maximum Gasteiger partial charge on any atom is 0.197 e. The van der Waals surface area contributed by atoms with Crippen LogP contribution in [0.3, 0.4) is 0 Å². The average Bonchev–Trinajstić information content (AvgIpc) is 2.48. The number of aromatic nitrogens is 1.